The zero-order valence-electron chi connectivity index (χ0n) is 21.4. The van der Waals surface area contributed by atoms with Gasteiger partial charge in [0.15, 0.2) is 0 Å². The van der Waals surface area contributed by atoms with Gasteiger partial charge in [0.05, 0.1) is 5.56 Å². The van der Waals surface area contributed by atoms with Crippen LogP contribution in [0.5, 0.6) is 5.75 Å². The van der Waals surface area contributed by atoms with Crippen molar-refractivity contribution in [1.82, 2.24) is 0 Å². The van der Waals surface area contributed by atoms with E-state index in [-0.39, 0.29) is 10.8 Å². The van der Waals surface area contributed by atoms with E-state index < -0.39 is 15.0 Å². The predicted octanol–water partition coefficient (Wildman–Crippen LogP) is 7.83. The Morgan fingerprint density at radius 2 is 1.64 bits per heavy atom. The van der Waals surface area contributed by atoms with E-state index in [2.05, 4.69) is 65.9 Å². The molecule has 0 saturated heterocycles. The minimum atomic E-state index is -1.35. The van der Waals surface area contributed by atoms with Crippen LogP contribution in [0.4, 0.5) is 0 Å². The third-order valence-corrected chi connectivity index (χ3v) is 7.55. The largest absolute Gasteiger partial charge is 0.546 e. The molecule has 3 rings (SSSR count). The normalized spacial score (nSPS) is 16.7. The smallest absolute Gasteiger partial charge is 0.335 e. The molecular formula is C29H40O3Si. The van der Waals surface area contributed by atoms with Crippen molar-refractivity contribution in [3.05, 3.63) is 64.2 Å². The van der Waals surface area contributed by atoms with Crippen molar-refractivity contribution in [2.24, 2.45) is 0 Å². The molecule has 178 valence electrons. The fourth-order valence-electron chi connectivity index (χ4n) is 5.11. The molecule has 1 saturated carbocycles. The minimum absolute atomic E-state index is 0.0370. The first kappa shape index (κ1) is 25.3. The quantitative estimate of drug-likeness (QED) is 0.350. The maximum atomic E-state index is 11.2. The molecule has 0 aliphatic heterocycles. The summed E-state index contributed by atoms with van der Waals surface area (Å²) in [7, 11) is -1.35. The second kappa shape index (κ2) is 9.88. The highest BCUT2D eigenvalue weighted by molar-refractivity contribution is 6.49. The standard InChI is InChI=1S/C29H40O3Si/c1-20(19-21-11-13-22(14-12-21)27(30)31)23-15-16-24(28(2,3)4)25(26(23)32-33(6)7)29(5)17-9-8-10-18-29/h11-16,19,33H,8-10,17-18H2,1-7H3,(H,30,31)/b20-19+. The van der Waals surface area contributed by atoms with Crippen LogP contribution in [-0.4, -0.2) is 20.1 Å². The number of rotatable bonds is 6. The summed E-state index contributed by atoms with van der Waals surface area (Å²) in [5.41, 5.74) is 6.59. The van der Waals surface area contributed by atoms with Gasteiger partial charge in [-0.3, -0.25) is 0 Å². The zero-order chi connectivity index (χ0) is 24.4. The topological polar surface area (TPSA) is 46.5 Å². The van der Waals surface area contributed by atoms with Gasteiger partial charge in [0.2, 0.25) is 9.04 Å². The number of carboxylic acids is 1. The Labute approximate surface area is 201 Å². The van der Waals surface area contributed by atoms with Gasteiger partial charge in [0, 0.05) is 11.1 Å². The Morgan fingerprint density at radius 1 is 1.03 bits per heavy atom. The average Bonchev–Trinajstić information content (AvgIpc) is 2.73. The number of allylic oxidation sites excluding steroid dienone is 1. The van der Waals surface area contributed by atoms with Crippen LogP contribution < -0.4 is 4.43 Å². The molecule has 33 heavy (non-hydrogen) atoms. The van der Waals surface area contributed by atoms with Gasteiger partial charge in [0.25, 0.3) is 0 Å². The van der Waals surface area contributed by atoms with Crippen LogP contribution in [0.1, 0.15) is 99.3 Å². The van der Waals surface area contributed by atoms with E-state index in [4.69, 9.17) is 4.43 Å². The molecule has 0 amide bonds. The highest BCUT2D eigenvalue weighted by atomic mass is 28.3. The van der Waals surface area contributed by atoms with Crippen molar-refractivity contribution in [2.75, 3.05) is 0 Å². The Kier molecular flexibility index (Phi) is 7.58. The van der Waals surface area contributed by atoms with Crippen LogP contribution in [0.2, 0.25) is 13.1 Å². The molecule has 0 bridgehead atoms. The monoisotopic (exact) mass is 464 g/mol. The van der Waals surface area contributed by atoms with E-state index in [1.807, 2.05) is 12.1 Å². The molecule has 2 aromatic rings. The molecule has 4 heteroatoms. The third kappa shape index (κ3) is 5.78. The lowest BCUT2D eigenvalue weighted by molar-refractivity contribution is 0.0697. The van der Waals surface area contributed by atoms with Crippen molar-refractivity contribution in [3.8, 4) is 5.75 Å². The molecular weight excluding hydrogens is 424 g/mol. The van der Waals surface area contributed by atoms with Crippen LogP contribution in [0, 0.1) is 0 Å². The summed E-state index contributed by atoms with van der Waals surface area (Å²) in [6, 6.07) is 11.6. The van der Waals surface area contributed by atoms with E-state index in [0.717, 1.165) is 22.4 Å². The number of carboxylic acid groups (broad SMARTS) is 1. The van der Waals surface area contributed by atoms with Gasteiger partial charge in [-0.25, -0.2) is 4.79 Å². The summed E-state index contributed by atoms with van der Waals surface area (Å²) in [6.45, 7) is 16.0. The molecule has 0 spiro atoms. The first-order valence-electron chi connectivity index (χ1n) is 12.3. The SMILES string of the molecule is C/C(=C\c1ccc(C(=O)O)cc1)c1ccc(C(C)(C)C)c(C2(C)CCCCC2)c1O[SiH](C)C. The second-order valence-electron chi connectivity index (χ2n) is 11.2. The molecule has 0 heterocycles. The number of aromatic carboxylic acids is 1. The van der Waals surface area contributed by atoms with Crippen LogP contribution in [0.3, 0.4) is 0 Å². The maximum Gasteiger partial charge on any atom is 0.335 e. The molecule has 0 aromatic heterocycles. The maximum absolute atomic E-state index is 11.2. The molecule has 1 aliphatic carbocycles. The molecule has 1 N–H and O–H groups in total. The highest BCUT2D eigenvalue weighted by Crippen LogP contribution is 2.49. The summed E-state index contributed by atoms with van der Waals surface area (Å²) in [5.74, 6) is 0.187. The third-order valence-electron chi connectivity index (χ3n) is 6.85. The molecule has 3 nitrogen and oxygen atoms in total. The van der Waals surface area contributed by atoms with Gasteiger partial charge >= 0.3 is 5.97 Å². The molecule has 0 radical (unpaired) electrons. The van der Waals surface area contributed by atoms with Crippen LogP contribution in [0.15, 0.2) is 36.4 Å². The van der Waals surface area contributed by atoms with Crippen molar-refractivity contribution >= 4 is 26.7 Å². The fraction of sp³-hybridized carbons (Fsp3) is 0.483. The van der Waals surface area contributed by atoms with Gasteiger partial charge in [-0.1, -0.05) is 77.3 Å². The lowest BCUT2D eigenvalue weighted by Gasteiger charge is -2.40. The van der Waals surface area contributed by atoms with Crippen molar-refractivity contribution in [2.45, 2.75) is 90.6 Å². The van der Waals surface area contributed by atoms with Gasteiger partial charge < -0.3 is 9.53 Å². The molecule has 0 unspecified atom stereocenters. The van der Waals surface area contributed by atoms with E-state index in [0.29, 0.717) is 5.56 Å². The summed E-state index contributed by atoms with van der Waals surface area (Å²) in [6.07, 6.45) is 8.41. The fourth-order valence-corrected chi connectivity index (χ4v) is 5.82. The number of carbonyl (C=O) groups is 1. The first-order valence-corrected chi connectivity index (χ1v) is 15.1. The second-order valence-corrected chi connectivity index (χ2v) is 13.5. The number of hydrogen-bond acceptors (Lipinski definition) is 2. The molecule has 2 aromatic carbocycles. The Morgan fingerprint density at radius 3 is 2.15 bits per heavy atom. The van der Waals surface area contributed by atoms with Crippen LogP contribution >= 0.6 is 0 Å². The average molecular weight is 465 g/mol. The zero-order valence-corrected chi connectivity index (χ0v) is 22.6. The van der Waals surface area contributed by atoms with Crippen LogP contribution in [-0.2, 0) is 10.8 Å². The van der Waals surface area contributed by atoms with Crippen molar-refractivity contribution < 1.29 is 14.3 Å². The van der Waals surface area contributed by atoms with Gasteiger partial charge in [-0.05, 0) is 72.5 Å². The van der Waals surface area contributed by atoms with Crippen molar-refractivity contribution in [3.63, 3.8) is 0 Å². The number of hydrogen-bond donors (Lipinski definition) is 1. The van der Waals surface area contributed by atoms with E-state index in [1.54, 1.807) is 12.1 Å². The van der Waals surface area contributed by atoms with E-state index in [9.17, 15) is 9.90 Å². The van der Waals surface area contributed by atoms with Gasteiger partial charge in [0.1, 0.15) is 5.75 Å². The molecule has 1 fully saturated rings. The summed E-state index contributed by atoms with van der Waals surface area (Å²) in [4.78, 5) is 11.2. The van der Waals surface area contributed by atoms with Gasteiger partial charge in [-0.2, -0.15) is 0 Å². The Balaban J connectivity index is 2.20. The predicted molar refractivity (Wildman–Crippen MR) is 142 cm³/mol. The molecule has 1 aliphatic rings. The molecule has 0 atom stereocenters. The Bertz CT molecular complexity index is 1020. The van der Waals surface area contributed by atoms with Crippen molar-refractivity contribution in [1.29, 1.82) is 0 Å². The summed E-state index contributed by atoms with van der Waals surface area (Å²) in [5, 5.41) is 9.20. The first-order chi connectivity index (χ1) is 15.4. The van der Waals surface area contributed by atoms with Gasteiger partial charge in [-0.15, -0.1) is 0 Å². The summed E-state index contributed by atoms with van der Waals surface area (Å²) >= 11 is 0. The van der Waals surface area contributed by atoms with E-state index in [1.165, 1.54) is 43.2 Å². The number of benzene rings is 2. The lowest BCUT2D eigenvalue weighted by Crippen LogP contribution is -2.31. The van der Waals surface area contributed by atoms with Crippen LogP contribution in [0.25, 0.3) is 11.6 Å². The minimum Gasteiger partial charge on any atom is -0.546 e. The summed E-state index contributed by atoms with van der Waals surface area (Å²) < 4.78 is 6.76. The Hall–Kier alpha value is -2.33. The van der Waals surface area contributed by atoms with E-state index >= 15 is 0 Å². The lowest BCUT2D eigenvalue weighted by atomic mass is 9.65. The highest BCUT2D eigenvalue weighted by Gasteiger charge is 2.37.